The van der Waals surface area contributed by atoms with Gasteiger partial charge in [0.15, 0.2) is 0 Å². The highest BCUT2D eigenvalue weighted by Gasteiger charge is 2.32. The molecule has 28 heavy (non-hydrogen) atoms. The van der Waals surface area contributed by atoms with Gasteiger partial charge in [-0.1, -0.05) is 31.4 Å². The molecule has 3 aromatic rings. The summed E-state index contributed by atoms with van der Waals surface area (Å²) in [5.74, 6) is 1.31. The van der Waals surface area contributed by atoms with Gasteiger partial charge in [-0.25, -0.2) is 4.98 Å². The van der Waals surface area contributed by atoms with Gasteiger partial charge in [0, 0.05) is 37.0 Å². The van der Waals surface area contributed by atoms with Gasteiger partial charge in [-0.05, 0) is 54.8 Å². The van der Waals surface area contributed by atoms with Gasteiger partial charge in [0.2, 0.25) is 0 Å². The van der Waals surface area contributed by atoms with Crippen molar-refractivity contribution in [1.29, 1.82) is 0 Å². The number of pyridine rings is 1. The topological polar surface area (TPSA) is 41.9 Å². The van der Waals surface area contributed by atoms with E-state index in [9.17, 15) is 0 Å². The minimum atomic E-state index is 0.346. The Labute approximate surface area is 166 Å². The van der Waals surface area contributed by atoms with Gasteiger partial charge in [0.05, 0.1) is 17.1 Å². The van der Waals surface area contributed by atoms with Crippen molar-refractivity contribution in [2.45, 2.75) is 19.8 Å². The lowest BCUT2D eigenvalue weighted by Crippen LogP contribution is -2.46. The van der Waals surface area contributed by atoms with Crippen molar-refractivity contribution in [2.24, 2.45) is 0 Å². The second-order valence-corrected chi connectivity index (χ2v) is 7.24. The van der Waals surface area contributed by atoms with Crippen LogP contribution in [0.2, 0.25) is 0 Å². The van der Waals surface area contributed by atoms with Gasteiger partial charge in [-0.2, -0.15) is 0 Å². The van der Waals surface area contributed by atoms with Crippen molar-refractivity contribution in [3.8, 4) is 11.3 Å². The highest BCUT2D eigenvalue weighted by Crippen LogP contribution is 2.35. The van der Waals surface area contributed by atoms with Crippen LogP contribution in [0.5, 0.6) is 0 Å². The lowest BCUT2D eigenvalue weighted by molar-refractivity contribution is 0.508. The number of benzene rings is 1. The number of anilines is 1. The molecular formula is C24H24N4. The third-order valence-electron chi connectivity index (χ3n) is 5.46. The zero-order valence-corrected chi connectivity index (χ0v) is 16.4. The summed E-state index contributed by atoms with van der Waals surface area (Å²) in [6.45, 7) is 13.7. The third kappa shape index (κ3) is 3.22. The van der Waals surface area contributed by atoms with Gasteiger partial charge >= 0.3 is 0 Å². The number of hydrogen-bond acceptors (Lipinski definition) is 4. The average Bonchev–Trinajstić information content (AvgIpc) is 2.69. The summed E-state index contributed by atoms with van der Waals surface area (Å²) in [7, 11) is 0. The molecule has 140 valence electrons. The Morgan fingerprint density at radius 1 is 0.964 bits per heavy atom. The van der Waals surface area contributed by atoms with E-state index in [0.717, 1.165) is 47.1 Å². The molecule has 4 rings (SSSR count). The van der Waals surface area contributed by atoms with Crippen molar-refractivity contribution < 1.29 is 0 Å². The Balaban J connectivity index is 1.58. The standard InChI is InChI=1S/C24H24N4/c1-5-18-9-10-22(27-21(18)6-2)28-14-20(15-28)24-23(25-11-12-26-24)19-8-7-16(3)17(4)13-19/h5-13,20H,1-2,14-15H2,3-4H3. The van der Waals surface area contributed by atoms with E-state index in [2.05, 4.69) is 60.1 Å². The molecule has 0 bridgehead atoms. The van der Waals surface area contributed by atoms with Gasteiger partial charge in [-0.15, -0.1) is 0 Å². The first-order valence-corrected chi connectivity index (χ1v) is 9.50. The van der Waals surface area contributed by atoms with Crippen molar-refractivity contribution in [1.82, 2.24) is 15.0 Å². The summed E-state index contributed by atoms with van der Waals surface area (Å²) < 4.78 is 0. The first-order valence-electron chi connectivity index (χ1n) is 9.50. The first kappa shape index (κ1) is 18.1. The van der Waals surface area contributed by atoms with Crippen molar-refractivity contribution >= 4 is 18.0 Å². The molecule has 0 N–H and O–H groups in total. The van der Waals surface area contributed by atoms with Gasteiger partial charge < -0.3 is 4.90 Å². The van der Waals surface area contributed by atoms with Crippen LogP contribution in [0.4, 0.5) is 5.82 Å². The Morgan fingerprint density at radius 3 is 2.46 bits per heavy atom. The van der Waals surface area contributed by atoms with E-state index in [1.807, 2.05) is 18.2 Å². The lowest BCUT2D eigenvalue weighted by atomic mass is 9.91. The van der Waals surface area contributed by atoms with Crippen LogP contribution in [0.3, 0.4) is 0 Å². The highest BCUT2D eigenvalue weighted by atomic mass is 15.2. The number of aromatic nitrogens is 3. The van der Waals surface area contributed by atoms with E-state index in [0.29, 0.717) is 5.92 Å². The summed E-state index contributed by atoms with van der Waals surface area (Å²) >= 11 is 0. The molecule has 0 spiro atoms. The van der Waals surface area contributed by atoms with E-state index in [1.165, 1.54) is 11.1 Å². The molecule has 0 amide bonds. The van der Waals surface area contributed by atoms with Crippen LogP contribution in [0.1, 0.15) is 34.0 Å². The molecular weight excluding hydrogens is 344 g/mol. The number of rotatable bonds is 5. The molecule has 0 unspecified atom stereocenters. The van der Waals surface area contributed by atoms with Crippen LogP contribution in [-0.2, 0) is 0 Å². The van der Waals surface area contributed by atoms with Crippen LogP contribution in [0, 0.1) is 13.8 Å². The minimum absolute atomic E-state index is 0.346. The molecule has 4 heteroatoms. The minimum Gasteiger partial charge on any atom is -0.355 e. The van der Waals surface area contributed by atoms with E-state index in [4.69, 9.17) is 4.98 Å². The van der Waals surface area contributed by atoms with Crippen LogP contribution < -0.4 is 4.90 Å². The smallest absolute Gasteiger partial charge is 0.129 e. The Morgan fingerprint density at radius 2 is 1.75 bits per heavy atom. The zero-order valence-electron chi connectivity index (χ0n) is 16.4. The number of hydrogen-bond donors (Lipinski definition) is 0. The quantitative estimate of drug-likeness (QED) is 0.632. The highest BCUT2D eigenvalue weighted by molar-refractivity contribution is 5.66. The molecule has 0 aliphatic carbocycles. The molecule has 1 aliphatic rings. The Bertz CT molecular complexity index is 1050. The maximum absolute atomic E-state index is 4.71. The molecule has 2 aromatic heterocycles. The van der Waals surface area contributed by atoms with E-state index in [1.54, 1.807) is 18.5 Å². The van der Waals surface area contributed by atoms with Crippen molar-refractivity contribution in [3.63, 3.8) is 0 Å². The first-order chi connectivity index (χ1) is 13.6. The van der Waals surface area contributed by atoms with E-state index < -0.39 is 0 Å². The Kier molecular flexibility index (Phi) is 4.78. The van der Waals surface area contributed by atoms with Gasteiger partial charge in [0.1, 0.15) is 5.82 Å². The second-order valence-electron chi connectivity index (χ2n) is 7.24. The van der Waals surface area contributed by atoms with E-state index in [-0.39, 0.29) is 0 Å². The maximum Gasteiger partial charge on any atom is 0.129 e. The fraction of sp³-hybridized carbons (Fsp3) is 0.208. The zero-order chi connectivity index (χ0) is 19.7. The van der Waals surface area contributed by atoms with Crippen LogP contribution in [0.15, 0.2) is 55.9 Å². The van der Waals surface area contributed by atoms with E-state index >= 15 is 0 Å². The summed E-state index contributed by atoms with van der Waals surface area (Å²) in [4.78, 5) is 16.3. The summed E-state index contributed by atoms with van der Waals surface area (Å²) in [5.41, 5.74) is 7.61. The van der Waals surface area contributed by atoms with Crippen molar-refractivity contribution in [2.75, 3.05) is 18.0 Å². The van der Waals surface area contributed by atoms with Crippen molar-refractivity contribution in [3.05, 3.63) is 84.0 Å². The monoisotopic (exact) mass is 368 g/mol. The third-order valence-corrected chi connectivity index (χ3v) is 5.46. The van der Waals surface area contributed by atoms with Gasteiger partial charge in [-0.3, -0.25) is 9.97 Å². The fourth-order valence-electron chi connectivity index (χ4n) is 3.58. The fourth-order valence-corrected chi connectivity index (χ4v) is 3.58. The molecule has 1 aliphatic heterocycles. The molecule has 1 aromatic carbocycles. The molecule has 1 saturated heterocycles. The largest absolute Gasteiger partial charge is 0.355 e. The summed E-state index contributed by atoms with van der Waals surface area (Å²) in [5, 5.41) is 0. The molecule has 4 nitrogen and oxygen atoms in total. The maximum atomic E-state index is 4.71. The molecule has 3 heterocycles. The van der Waals surface area contributed by atoms with Gasteiger partial charge in [0.25, 0.3) is 0 Å². The summed E-state index contributed by atoms with van der Waals surface area (Å²) in [6, 6.07) is 10.6. The van der Waals surface area contributed by atoms with Crippen LogP contribution >= 0.6 is 0 Å². The SMILES string of the molecule is C=Cc1ccc(N2CC(c3nccnc3-c3ccc(C)c(C)c3)C2)nc1C=C. The molecule has 0 radical (unpaired) electrons. The molecule has 0 atom stereocenters. The van der Waals surface area contributed by atoms with Crippen LogP contribution in [0.25, 0.3) is 23.4 Å². The molecule has 0 saturated carbocycles. The summed E-state index contributed by atoms with van der Waals surface area (Å²) in [6.07, 6.45) is 7.15. The predicted molar refractivity (Wildman–Crippen MR) is 116 cm³/mol. The second kappa shape index (κ2) is 7.39. The predicted octanol–water partition coefficient (Wildman–Crippen LogP) is 5.05. The number of aryl methyl sites for hydroxylation is 2. The van der Waals surface area contributed by atoms with Crippen LogP contribution in [-0.4, -0.2) is 28.0 Å². The Hall–Kier alpha value is -3.27. The number of nitrogens with zero attached hydrogens (tertiary/aromatic N) is 4. The lowest BCUT2D eigenvalue weighted by Gasteiger charge is -2.40. The normalized spacial score (nSPS) is 13.9. The average molecular weight is 368 g/mol. The molecule has 1 fully saturated rings.